The molecule has 246 valence electrons. The highest BCUT2D eigenvalue weighted by molar-refractivity contribution is 6.75. The van der Waals surface area contributed by atoms with Crippen molar-refractivity contribution in [1.29, 1.82) is 0 Å². The van der Waals surface area contributed by atoms with Gasteiger partial charge < -0.3 is 13.3 Å². The highest BCUT2D eigenvalue weighted by Gasteiger charge is 2.67. The minimum absolute atomic E-state index is 0.000632. The van der Waals surface area contributed by atoms with Crippen LogP contribution in [0.1, 0.15) is 68.5 Å². The molecule has 0 amide bonds. The number of hydrogen-bond donors (Lipinski definition) is 0. The van der Waals surface area contributed by atoms with Crippen molar-refractivity contribution in [2.24, 2.45) is 0 Å². The van der Waals surface area contributed by atoms with Gasteiger partial charge in [-0.2, -0.15) is 10.1 Å². The largest absolute Gasteiger partial charge is 0.406 e. The van der Waals surface area contributed by atoms with E-state index in [1.807, 2.05) is 0 Å². The van der Waals surface area contributed by atoms with Crippen LogP contribution < -0.4 is 5.69 Å². The standard InChI is InChI=1S/C30H54N6O5Si3/c1-27(2,3)42(11,12)38-19-30(31-10)24(41-44(15,16)29(7,8)9)23(40-43(13,14)28(4,5)6)25(39-30)35-18-17-22(34-26(35)37)36-21-32-20-33-36/h17-18,20-21,23-25H,19H2,1-9,11-16H3/t23?,24-,25-,30-/m1/s1. The molecule has 1 aliphatic rings. The Bertz CT molecular complexity index is 1400. The number of ether oxygens (including phenoxy) is 1. The molecule has 0 bridgehead atoms. The van der Waals surface area contributed by atoms with Gasteiger partial charge in [0.2, 0.25) is 0 Å². The van der Waals surface area contributed by atoms with Crippen molar-refractivity contribution in [2.75, 3.05) is 6.61 Å². The Balaban J connectivity index is 2.25. The first-order valence-electron chi connectivity index (χ1n) is 15.3. The highest BCUT2D eigenvalue weighted by Crippen LogP contribution is 2.50. The summed E-state index contributed by atoms with van der Waals surface area (Å²) >= 11 is 0. The highest BCUT2D eigenvalue weighted by atomic mass is 28.4. The van der Waals surface area contributed by atoms with Crippen molar-refractivity contribution in [3.8, 4) is 5.82 Å². The summed E-state index contributed by atoms with van der Waals surface area (Å²) in [5.41, 5.74) is -2.10. The lowest BCUT2D eigenvalue weighted by Gasteiger charge is -2.44. The molecule has 1 unspecified atom stereocenters. The van der Waals surface area contributed by atoms with Crippen LogP contribution in [0.2, 0.25) is 54.4 Å². The first-order chi connectivity index (χ1) is 19.8. The molecule has 0 spiro atoms. The van der Waals surface area contributed by atoms with E-state index in [1.54, 1.807) is 12.3 Å². The third-order valence-corrected chi connectivity index (χ3v) is 23.6. The van der Waals surface area contributed by atoms with Gasteiger partial charge in [0.1, 0.15) is 25.4 Å². The molecule has 3 rings (SSSR count). The zero-order chi connectivity index (χ0) is 33.7. The van der Waals surface area contributed by atoms with Crippen LogP contribution in [-0.2, 0) is 18.0 Å². The van der Waals surface area contributed by atoms with Crippen LogP contribution in [0.4, 0.5) is 0 Å². The van der Waals surface area contributed by atoms with E-state index in [0.29, 0.717) is 5.82 Å². The number of aromatic nitrogens is 5. The van der Waals surface area contributed by atoms with E-state index >= 15 is 0 Å². The first kappa shape index (κ1) is 36.5. The van der Waals surface area contributed by atoms with Gasteiger partial charge in [0.15, 0.2) is 43.1 Å². The monoisotopic (exact) mass is 662 g/mol. The molecule has 11 nitrogen and oxygen atoms in total. The van der Waals surface area contributed by atoms with E-state index < -0.39 is 54.8 Å². The van der Waals surface area contributed by atoms with Gasteiger partial charge in [-0.05, 0) is 60.5 Å². The summed E-state index contributed by atoms with van der Waals surface area (Å²) < 4.78 is 30.6. The molecule has 0 aromatic carbocycles. The van der Waals surface area contributed by atoms with Crippen LogP contribution in [0, 0.1) is 6.57 Å². The Morgan fingerprint density at radius 1 is 0.932 bits per heavy atom. The Labute approximate surface area is 266 Å². The second kappa shape index (κ2) is 12.0. The van der Waals surface area contributed by atoms with E-state index in [0.717, 1.165) is 0 Å². The van der Waals surface area contributed by atoms with Gasteiger partial charge >= 0.3 is 11.4 Å². The first-order valence-corrected chi connectivity index (χ1v) is 24.0. The zero-order valence-corrected chi connectivity index (χ0v) is 32.5. The zero-order valence-electron chi connectivity index (χ0n) is 29.5. The van der Waals surface area contributed by atoms with Crippen molar-refractivity contribution in [2.45, 2.75) is 141 Å². The smallest absolute Gasteiger partial charge is 0.388 e. The average Bonchev–Trinajstić information content (AvgIpc) is 3.49. The van der Waals surface area contributed by atoms with Crippen molar-refractivity contribution < 1.29 is 18.0 Å². The Kier molecular flexibility index (Phi) is 9.93. The molecular formula is C30H54N6O5Si3. The molecule has 0 radical (unpaired) electrons. The van der Waals surface area contributed by atoms with Crippen LogP contribution in [0.15, 0.2) is 29.7 Å². The summed E-state index contributed by atoms with van der Waals surface area (Å²) in [5.74, 6) is 0.329. The van der Waals surface area contributed by atoms with Crippen LogP contribution in [0.5, 0.6) is 0 Å². The molecule has 3 heterocycles. The van der Waals surface area contributed by atoms with E-state index in [4.69, 9.17) is 24.6 Å². The molecule has 2 aromatic rings. The van der Waals surface area contributed by atoms with Crippen LogP contribution >= 0.6 is 0 Å². The lowest BCUT2D eigenvalue weighted by molar-refractivity contribution is -0.0964. The minimum Gasteiger partial charge on any atom is -0.406 e. The summed E-state index contributed by atoms with van der Waals surface area (Å²) in [7, 11) is -7.28. The van der Waals surface area contributed by atoms with Crippen molar-refractivity contribution in [3.05, 3.63) is 46.8 Å². The number of nitrogens with zero attached hydrogens (tertiary/aromatic N) is 6. The van der Waals surface area contributed by atoms with Gasteiger partial charge in [-0.15, -0.1) is 0 Å². The Morgan fingerprint density at radius 3 is 1.93 bits per heavy atom. The lowest BCUT2D eigenvalue weighted by Crippen LogP contribution is -2.58. The second-order valence-electron chi connectivity index (χ2n) is 16.5. The summed E-state index contributed by atoms with van der Waals surface area (Å²) in [6.45, 7) is 41.0. The van der Waals surface area contributed by atoms with Crippen LogP contribution in [-0.4, -0.2) is 73.8 Å². The fraction of sp³-hybridized carbons (Fsp3) is 0.767. The van der Waals surface area contributed by atoms with Gasteiger partial charge in [-0.1, -0.05) is 62.3 Å². The van der Waals surface area contributed by atoms with E-state index in [-0.39, 0.29) is 21.7 Å². The van der Waals surface area contributed by atoms with Crippen LogP contribution in [0.3, 0.4) is 0 Å². The molecule has 4 atom stereocenters. The molecule has 1 saturated heterocycles. The molecule has 0 saturated carbocycles. The summed E-state index contributed by atoms with van der Waals surface area (Å²) in [5, 5.41) is 3.71. The average molecular weight is 663 g/mol. The van der Waals surface area contributed by atoms with E-state index in [1.165, 1.54) is 21.9 Å². The molecule has 0 aliphatic carbocycles. The molecule has 2 aromatic heterocycles. The Hall–Kier alpha value is -2.00. The third-order valence-electron chi connectivity index (χ3n) is 10.2. The maximum Gasteiger partial charge on any atom is 0.388 e. The normalized spacial score (nSPS) is 24.0. The summed E-state index contributed by atoms with van der Waals surface area (Å²) in [6, 6.07) is 1.68. The van der Waals surface area contributed by atoms with Gasteiger partial charge in [-0.3, -0.25) is 14.1 Å². The van der Waals surface area contributed by atoms with Crippen molar-refractivity contribution >= 4 is 25.0 Å². The van der Waals surface area contributed by atoms with E-state index in [9.17, 15) is 4.79 Å². The van der Waals surface area contributed by atoms with Gasteiger partial charge in [0.25, 0.3) is 0 Å². The van der Waals surface area contributed by atoms with Gasteiger partial charge in [0.05, 0.1) is 0 Å². The second-order valence-corrected chi connectivity index (χ2v) is 30.8. The SMILES string of the molecule is [C-]#[N+][C@]1(CO[Si](C)(C)C(C)(C)C)O[C@@H](n2ccc(-n3cncn3)nc2=O)C(O[Si](C)(C)C(C)(C)C)[C@H]1O[Si](C)(C)C(C)(C)C. The lowest BCUT2D eigenvalue weighted by atomic mass is 10.1. The predicted molar refractivity (Wildman–Crippen MR) is 180 cm³/mol. The summed E-state index contributed by atoms with van der Waals surface area (Å²) in [4.78, 5) is 26.1. The molecule has 1 fully saturated rings. The Morgan fingerprint density at radius 2 is 1.48 bits per heavy atom. The molecular weight excluding hydrogens is 609 g/mol. The topological polar surface area (TPSA) is 107 Å². The molecule has 1 aliphatic heterocycles. The molecule has 44 heavy (non-hydrogen) atoms. The van der Waals surface area contributed by atoms with Crippen molar-refractivity contribution in [1.82, 2.24) is 24.3 Å². The maximum atomic E-state index is 13.7. The third kappa shape index (κ3) is 7.19. The van der Waals surface area contributed by atoms with Gasteiger partial charge in [0, 0.05) is 6.20 Å². The number of hydrogen-bond acceptors (Lipinski definition) is 8. The minimum atomic E-state index is -2.49. The fourth-order valence-corrected chi connectivity index (χ4v) is 7.63. The van der Waals surface area contributed by atoms with Gasteiger partial charge in [-0.25, -0.2) is 21.0 Å². The fourth-order valence-electron chi connectivity index (χ4n) is 4.05. The molecule has 0 N–H and O–H groups in total. The summed E-state index contributed by atoms with van der Waals surface area (Å²) in [6.07, 6.45) is 1.93. The predicted octanol–water partition coefficient (Wildman–Crippen LogP) is 6.77. The van der Waals surface area contributed by atoms with E-state index in [2.05, 4.69) is 122 Å². The number of rotatable bonds is 9. The van der Waals surface area contributed by atoms with Crippen LogP contribution in [0.25, 0.3) is 10.7 Å². The quantitative estimate of drug-likeness (QED) is 0.214. The van der Waals surface area contributed by atoms with Crippen molar-refractivity contribution in [3.63, 3.8) is 0 Å². The maximum absolute atomic E-state index is 13.7. The molecule has 14 heteroatoms.